The quantitative estimate of drug-likeness (QED) is 0.142. The van der Waals surface area contributed by atoms with Crippen LogP contribution in [0.25, 0.3) is 5.41 Å². The SMILES string of the molecule is CC1=C(C2CCCCC2)SC2C(C)C(C)C(C)C12.[CH3-].[Cl][Ti][Cl].[N-]=C(c1c(F)cccc1F)N1CCCCC1. The fourth-order valence-corrected chi connectivity index (χ4v) is 8.82. The topological polar surface area (TPSA) is 25.5 Å². The second kappa shape index (κ2) is 16.4. The average molecular weight is 622 g/mol. The van der Waals surface area contributed by atoms with Gasteiger partial charge in [0.1, 0.15) is 11.6 Å². The summed E-state index contributed by atoms with van der Waals surface area (Å²) >= 11 is 1.74. The van der Waals surface area contributed by atoms with E-state index in [0.717, 1.165) is 66.2 Å². The van der Waals surface area contributed by atoms with Crippen LogP contribution in [0.5, 0.6) is 0 Å². The third-order valence-electron chi connectivity index (χ3n) is 9.07. The third-order valence-corrected chi connectivity index (χ3v) is 11.0. The number of hydrogen-bond donors (Lipinski definition) is 0. The van der Waals surface area contributed by atoms with E-state index in [-0.39, 0.29) is 18.8 Å². The maximum Gasteiger partial charge on any atom is 0.133 e. The maximum atomic E-state index is 13.4. The van der Waals surface area contributed by atoms with Gasteiger partial charge in [0.2, 0.25) is 0 Å². The Balaban J connectivity index is 0.000000238. The van der Waals surface area contributed by atoms with Crippen LogP contribution in [0.1, 0.15) is 84.6 Å². The number of amidine groups is 1. The molecule has 5 unspecified atom stereocenters. The van der Waals surface area contributed by atoms with Crippen molar-refractivity contribution in [1.82, 2.24) is 4.90 Å². The van der Waals surface area contributed by atoms with Gasteiger partial charge in [0.15, 0.2) is 0 Å². The Hall–Kier alpha value is -0.0657. The van der Waals surface area contributed by atoms with Crippen LogP contribution in [0, 0.1) is 48.7 Å². The Morgan fingerprint density at radius 3 is 1.97 bits per heavy atom. The van der Waals surface area contributed by atoms with Crippen LogP contribution in [0.4, 0.5) is 8.78 Å². The molecular weight excluding hydrogens is 577 g/mol. The number of nitrogens with zero attached hydrogens (tertiary/aromatic N) is 2. The maximum absolute atomic E-state index is 13.4. The average Bonchev–Trinajstić information content (AvgIpc) is 3.35. The van der Waals surface area contributed by atoms with Crippen molar-refractivity contribution >= 4 is 36.2 Å². The number of rotatable bonds is 2. The van der Waals surface area contributed by atoms with Crippen molar-refractivity contribution in [2.24, 2.45) is 29.6 Å². The zero-order valence-electron chi connectivity index (χ0n) is 23.6. The predicted octanol–water partition coefficient (Wildman–Crippen LogP) is 10.1. The Kier molecular flexibility index (Phi) is 14.7. The molecule has 2 saturated carbocycles. The fraction of sp³-hybridized carbons (Fsp3) is 0.667. The van der Waals surface area contributed by atoms with Crippen molar-refractivity contribution in [3.63, 3.8) is 0 Å². The molecule has 3 fully saturated rings. The largest absolute Gasteiger partial charge is 0.468 e. The van der Waals surface area contributed by atoms with E-state index >= 15 is 0 Å². The second-order valence-electron chi connectivity index (χ2n) is 11.1. The first kappa shape index (κ1) is 34.1. The fourth-order valence-electron chi connectivity index (χ4n) is 6.71. The van der Waals surface area contributed by atoms with E-state index in [0.29, 0.717) is 13.1 Å². The van der Waals surface area contributed by atoms with Gasteiger partial charge in [0.05, 0.1) is 0 Å². The molecule has 8 heteroatoms. The molecule has 1 aromatic carbocycles. The van der Waals surface area contributed by atoms with Gasteiger partial charge < -0.3 is 17.7 Å². The molecule has 2 aliphatic carbocycles. The Morgan fingerprint density at radius 2 is 1.45 bits per heavy atom. The van der Waals surface area contributed by atoms with Gasteiger partial charge in [0, 0.05) is 10.8 Å². The molecule has 1 aromatic rings. The Morgan fingerprint density at radius 1 is 0.921 bits per heavy atom. The van der Waals surface area contributed by atoms with E-state index in [4.69, 9.17) is 18.6 Å². The minimum atomic E-state index is -0.719. The van der Waals surface area contributed by atoms with Crippen LogP contribution in [-0.4, -0.2) is 29.1 Å². The number of benzene rings is 1. The van der Waals surface area contributed by atoms with E-state index in [1.54, 1.807) is 10.5 Å². The smallest absolute Gasteiger partial charge is 0.133 e. The number of fused-ring (bicyclic) bond motifs is 1. The first-order chi connectivity index (χ1) is 17.7. The van der Waals surface area contributed by atoms with Crippen LogP contribution >= 0.6 is 30.4 Å². The van der Waals surface area contributed by atoms with Gasteiger partial charge in [-0.15, -0.1) is 11.8 Å². The van der Waals surface area contributed by atoms with Crippen molar-refractivity contribution in [3.8, 4) is 0 Å². The zero-order chi connectivity index (χ0) is 27.1. The van der Waals surface area contributed by atoms with E-state index in [1.807, 2.05) is 4.91 Å². The number of likely N-dealkylation sites (tertiary alicyclic amines) is 1. The van der Waals surface area contributed by atoms with Crippen molar-refractivity contribution in [3.05, 3.63) is 58.7 Å². The molecule has 0 amide bonds. The summed E-state index contributed by atoms with van der Waals surface area (Å²) in [4.78, 5) is 3.46. The molecule has 38 heavy (non-hydrogen) atoms. The summed E-state index contributed by atoms with van der Waals surface area (Å²) in [5.41, 5.74) is 1.48. The van der Waals surface area contributed by atoms with Crippen LogP contribution in [0.2, 0.25) is 0 Å². The standard InChI is InChI=1S/C17H28S.C12H13F2N2.CH3.2ClH.Ti/c1-10-11(2)15-13(4)16(18-17(15)12(10)3)14-8-6-5-7-9-14;13-9-5-4-6-10(14)11(9)12(15)16-7-2-1-3-8-16;;;;/h10-12,14-15,17H,5-9H2,1-4H3;4-6H,1-3,7-8H2;1H3;2*1H;/q;2*-1;;;+2/p-2. The summed E-state index contributed by atoms with van der Waals surface area (Å²) in [5, 5.41) is 10.8. The summed E-state index contributed by atoms with van der Waals surface area (Å²) in [6, 6.07) is 3.59. The Bertz CT molecular complexity index is 915. The van der Waals surface area contributed by atoms with Gasteiger partial charge in [0.25, 0.3) is 0 Å². The molecule has 0 N–H and O–H groups in total. The molecule has 1 saturated heterocycles. The molecule has 5 rings (SSSR count). The van der Waals surface area contributed by atoms with Crippen molar-refractivity contribution in [2.45, 2.75) is 84.3 Å². The first-order valence-electron chi connectivity index (χ1n) is 13.8. The molecule has 5 atom stereocenters. The molecule has 0 spiro atoms. The number of halogens is 4. The molecule has 214 valence electrons. The van der Waals surface area contributed by atoms with Crippen LogP contribution in [0.15, 0.2) is 28.7 Å². The number of thioether (sulfide) groups is 1. The normalized spacial score (nSPS) is 28.8. The molecule has 2 nitrogen and oxygen atoms in total. The van der Waals surface area contributed by atoms with Gasteiger partial charge in [-0.25, -0.2) is 8.78 Å². The summed E-state index contributed by atoms with van der Waals surface area (Å²) < 4.78 is 26.8. The monoisotopic (exact) mass is 620 g/mol. The van der Waals surface area contributed by atoms with Crippen molar-refractivity contribution in [1.29, 1.82) is 0 Å². The third kappa shape index (κ3) is 8.02. The molecule has 0 radical (unpaired) electrons. The van der Waals surface area contributed by atoms with Gasteiger partial charge in [-0.2, -0.15) is 0 Å². The summed E-state index contributed by atoms with van der Waals surface area (Å²) in [7, 11) is 9.78. The first-order valence-corrected chi connectivity index (χ1v) is 19.0. The number of piperidine rings is 1. The van der Waals surface area contributed by atoms with Gasteiger partial charge >= 0.3 is 35.6 Å². The summed E-state index contributed by atoms with van der Waals surface area (Å²) in [6.07, 6.45) is 10.3. The van der Waals surface area contributed by atoms with Gasteiger partial charge in [-0.3, -0.25) is 0 Å². The summed E-state index contributed by atoms with van der Waals surface area (Å²) in [5.74, 6) is 2.84. The molecule has 4 aliphatic rings. The molecule has 2 aliphatic heterocycles. The minimum absolute atomic E-state index is 0. The predicted molar refractivity (Wildman–Crippen MR) is 159 cm³/mol. The van der Waals surface area contributed by atoms with Gasteiger partial charge in [-0.1, -0.05) is 76.8 Å². The Labute approximate surface area is 251 Å². The van der Waals surface area contributed by atoms with Crippen LogP contribution in [0.3, 0.4) is 0 Å². The van der Waals surface area contributed by atoms with Crippen molar-refractivity contribution in [2.75, 3.05) is 13.1 Å². The van der Waals surface area contributed by atoms with E-state index in [9.17, 15) is 14.2 Å². The molecule has 2 heterocycles. The van der Waals surface area contributed by atoms with Crippen molar-refractivity contribution < 1.29 is 25.8 Å². The number of allylic oxidation sites excluding steroid dienone is 2. The molecule has 0 bridgehead atoms. The molecule has 0 aromatic heterocycles. The minimum Gasteiger partial charge on any atom is -0.468 e. The van der Waals surface area contributed by atoms with E-state index < -0.39 is 28.7 Å². The summed E-state index contributed by atoms with van der Waals surface area (Å²) in [6.45, 7) is 11.2. The second-order valence-corrected chi connectivity index (χ2v) is 14.9. The zero-order valence-corrected chi connectivity index (χ0v) is 27.5. The van der Waals surface area contributed by atoms with Gasteiger partial charge in [-0.05, 0) is 79.5 Å². The molecular formula is C30H44Cl2F2N2STi-2. The van der Waals surface area contributed by atoms with Crippen LogP contribution in [-0.2, 0) is 17.0 Å². The van der Waals surface area contributed by atoms with E-state index in [1.165, 1.54) is 38.2 Å². The van der Waals surface area contributed by atoms with Crippen LogP contribution < -0.4 is 0 Å². The number of hydrogen-bond acceptors (Lipinski definition) is 1. The van der Waals surface area contributed by atoms with E-state index in [2.05, 4.69) is 39.5 Å².